The van der Waals surface area contributed by atoms with E-state index in [1.165, 1.54) is 0 Å². The molecule has 0 atom stereocenters. The Morgan fingerprint density at radius 3 is 0.825 bits per heavy atom. The van der Waals surface area contributed by atoms with Crippen LogP contribution in [0.4, 0.5) is 0 Å². The third-order valence-electron chi connectivity index (χ3n) is 9.85. The van der Waals surface area contributed by atoms with E-state index in [1.54, 1.807) is 121 Å². The maximum Gasteiger partial charge on any atom is 0.230 e. The van der Waals surface area contributed by atoms with Crippen LogP contribution in [-0.2, 0) is 5.41 Å². The van der Waals surface area contributed by atoms with Crippen LogP contribution in [0, 0.1) is 0 Å². The van der Waals surface area contributed by atoms with Gasteiger partial charge in [0.05, 0.1) is 0 Å². The molecule has 0 bridgehead atoms. The molecule has 0 saturated heterocycles. The zero-order valence-electron chi connectivity index (χ0n) is 30.0. The van der Waals surface area contributed by atoms with E-state index in [-0.39, 0.29) is 34.9 Å². The van der Waals surface area contributed by atoms with Gasteiger partial charge in [0.2, 0.25) is 46.4 Å². The Bertz CT molecular complexity index is 2530. The Labute approximate surface area is 326 Å². The Balaban J connectivity index is 1.39. The van der Waals surface area contributed by atoms with Crippen molar-refractivity contribution in [1.29, 1.82) is 0 Å². The monoisotopic (exact) mass is 740 g/mol. The summed E-state index contributed by atoms with van der Waals surface area (Å²) in [5.74, 6) is -3.48. The first kappa shape index (κ1) is 34.8. The van der Waals surface area contributed by atoms with Gasteiger partial charge < -0.3 is 0 Å². The lowest BCUT2D eigenvalue weighted by Crippen LogP contribution is -2.36. The van der Waals surface area contributed by atoms with Crippen molar-refractivity contribution in [2.24, 2.45) is 0 Å². The zero-order valence-corrected chi connectivity index (χ0v) is 30.0. The third kappa shape index (κ3) is 6.02. The van der Waals surface area contributed by atoms with Gasteiger partial charge in [0.25, 0.3) is 0 Å². The molecule has 1 aliphatic rings. The summed E-state index contributed by atoms with van der Waals surface area (Å²) in [7, 11) is 0. The number of benzene rings is 6. The normalized spacial score (nSPS) is 12.3. The SMILES string of the molecule is O=C(c1ccccc1)c1nc(C(=O)c2ccccc2)nc(C2(c3nc(C(=O)c4ccccc4)nc(C(=O)c4ccccc4)n3)c3ccccc3-c3ccccc32)n1. The molecule has 8 aromatic rings. The van der Waals surface area contributed by atoms with E-state index in [1.807, 2.05) is 48.5 Å². The van der Waals surface area contributed by atoms with E-state index in [4.69, 9.17) is 19.9 Å². The predicted octanol–water partition coefficient (Wildman–Crippen LogP) is 7.34. The summed E-state index contributed by atoms with van der Waals surface area (Å²) < 4.78 is 0. The van der Waals surface area contributed by atoms with Crippen LogP contribution in [0.3, 0.4) is 0 Å². The molecule has 0 N–H and O–H groups in total. The van der Waals surface area contributed by atoms with Gasteiger partial charge in [-0.25, -0.2) is 29.9 Å². The molecule has 10 heteroatoms. The highest BCUT2D eigenvalue weighted by Gasteiger charge is 2.52. The second kappa shape index (κ2) is 14.3. The molecule has 1 aliphatic carbocycles. The van der Waals surface area contributed by atoms with Crippen LogP contribution in [0.15, 0.2) is 170 Å². The molecule has 9 rings (SSSR count). The summed E-state index contributed by atoms with van der Waals surface area (Å²) in [5, 5.41) is 0. The van der Waals surface area contributed by atoms with Gasteiger partial charge in [0.15, 0.2) is 11.6 Å². The van der Waals surface area contributed by atoms with E-state index in [0.717, 1.165) is 11.1 Å². The molecule has 2 heterocycles. The lowest BCUT2D eigenvalue weighted by molar-refractivity contribution is 0.100. The second-order valence-corrected chi connectivity index (χ2v) is 13.2. The average molecular weight is 741 g/mol. The van der Waals surface area contributed by atoms with Gasteiger partial charge in [-0.3, -0.25) is 19.2 Å². The van der Waals surface area contributed by atoms with Crippen molar-refractivity contribution in [3.05, 3.63) is 238 Å². The van der Waals surface area contributed by atoms with E-state index < -0.39 is 28.5 Å². The standard InChI is InChI=1S/C47H28N6O4/c54-37(29-17-5-1-6-18-29)41-48-42(38(55)30-19-7-2-8-20-30)51-45(50-41)47(35-27-15-13-25-33(35)34-26-14-16-28-36(34)47)46-52-43(39(56)31-21-9-3-10-22-31)49-44(53-46)40(57)32-23-11-4-12-24-32/h1-28H. The number of ketones is 4. The number of hydrogen-bond donors (Lipinski definition) is 0. The number of aromatic nitrogens is 6. The minimum absolute atomic E-state index is 0.0594. The fraction of sp³-hybridized carbons (Fsp3) is 0.0213. The number of rotatable bonds is 10. The highest BCUT2D eigenvalue weighted by atomic mass is 16.1. The maximum atomic E-state index is 14.3. The van der Waals surface area contributed by atoms with Gasteiger partial charge in [-0.1, -0.05) is 170 Å². The number of carbonyl (C=O) groups is 4. The molecule has 0 unspecified atom stereocenters. The lowest BCUT2D eigenvalue weighted by Gasteiger charge is -2.29. The molecule has 0 radical (unpaired) electrons. The number of fused-ring (bicyclic) bond motifs is 3. The smallest absolute Gasteiger partial charge is 0.230 e. The third-order valence-corrected chi connectivity index (χ3v) is 9.85. The van der Waals surface area contributed by atoms with Gasteiger partial charge in [-0.15, -0.1) is 0 Å². The molecular weight excluding hydrogens is 713 g/mol. The van der Waals surface area contributed by atoms with Crippen molar-refractivity contribution >= 4 is 23.1 Å². The Hall–Kier alpha value is -7.98. The molecule has 0 saturated carbocycles. The first-order valence-corrected chi connectivity index (χ1v) is 18.0. The van der Waals surface area contributed by atoms with Crippen LogP contribution in [0.5, 0.6) is 0 Å². The quantitative estimate of drug-likeness (QED) is 0.131. The summed E-state index contributed by atoms with van der Waals surface area (Å²) in [4.78, 5) is 85.6. The maximum absolute atomic E-state index is 14.3. The van der Waals surface area contributed by atoms with Gasteiger partial charge in [-0.2, -0.15) is 0 Å². The molecule has 57 heavy (non-hydrogen) atoms. The molecular formula is C47H28N6O4. The zero-order chi connectivity index (χ0) is 38.9. The van der Waals surface area contributed by atoms with Crippen LogP contribution in [0.1, 0.15) is 87.5 Å². The Morgan fingerprint density at radius 2 is 0.544 bits per heavy atom. The van der Waals surface area contributed by atoms with Crippen molar-refractivity contribution in [2.75, 3.05) is 0 Å². The van der Waals surface area contributed by atoms with Gasteiger partial charge in [0, 0.05) is 22.3 Å². The first-order chi connectivity index (χ1) is 27.9. The predicted molar refractivity (Wildman–Crippen MR) is 210 cm³/mol. The van der Waals surface area contributed by atoms with Gasteiger partial charge in [-0.05, 0) is 22.3 Å². The fourth-order valence-electron chi connectivity index (χ4n) is 7.18. The molecule has 10 nitrogen and oxygen atoms in total. The highest BCUT2D eigenvalue weighted by Crippen LogP contribution is 2.54. The van der Waals surface area contributed by atoms with E-state index in [9.17, 15) is 19.2 Å². The van der Waals surface area contributed by atoms with Gasteiger partial charge in [0.1, 0.15) is 5.41 Å². The van der Waals surface area contributed by atoms with Crippen LogP contribution in [0.2, 0.25) is 0 Å². The molecule has 0 aliphatic heterocycles. The first-order valence-electron chi connectivity index (χ1n) is 18.0. The topological polar surface area (TPSA) is 146 Å². The van der Waals surface area contributed by atoms with E-state index >= 15 is 0 Å². The van der Waals surface area contributed by atoms with Crippen molar-refractivity contribution in [1.82, 2.24) is 29.9 Å². The largest absolute Gasteiger partial charge is 0.285 e. The minimum Gasteiger partial charge on any atom is -0.285 e. The summed E-state index contributed by atoms with van der Waals surface area (Å²) in [6.45, 7) is 0. The molecule has 0 fully saturated rings. The van der Waals surface area contributed by atoms with Crippen molar-refractivity contribution in [3.63, 3.8) is 0 Å². The minimum atomic E-state index is -1.70. The summed E-state index contributed by atoms with van der Waals surface area (Å²) >= 11 is 0. The number of carbonyl (C=O) groups excluding carboxylic acids is 4. The van der Waals surface area contributed by atoms with E-state index in [2.05, 4.69) is 9.97 Å². The van der Waals surface area contributed by atoms with E-state index in [0.29, 0.717) is 33.4 Å². The molecule has 0 spiro atoms. The fourth-order valence-corrected chi connectivity index (χ4v) is 7.18. The molecule has 6 aromatic carbocycles. The second-order valence-electron chi connectivity index (χ2n) is 13.2. The van der Waals surface area contributed by atoms with Crippen LogP contribution < -0.4 is 0 Å². The van der Waals surface area contributed by atoms with Crippen molar-refractivity contribution < 1.29 is 19.2 Å². The van der Waals surface area contributed by atoms with Gasteiger partial charge >= 0.3 is 0 Å². The number of nitrogens with zero attached hydrogens (tertiary/aromatic N) is 6. The van der Waals surface area contributed by atoms with Crippen LogP contribution >= 0.6 is 0 Å². The lowest BCUT2D eigenvalue weighted by atomic mass is 9.76. The number of hydrogen-bond acceptors (Lipinski definition) is 10. The Kier molecular flexibility index (Phi) is 8.75. The summed E-state index contributed by atoms with van der Waals surface area (Å²) in [5.41, 5.74) is 2.20. The highest BCUT2D eigenvalue weighted by molar-refractivity contribution is 6.10. The molecule has 270 valence electrons. The van der Waals surface area contributed by atoms with Crippen molar-refractivity contribution in [3.8, 4) is 11.1 Å². The Morgan fingerprint density at radius 1 is 0.298 bits per heavy atom. The summed E-state index contributed by atoms with van der Waals surface area (Å²) in [6.07, 6.45) is 0. The molecule has 2 aromatic heterocycles. The van der Waals surface area contributed by atoms with Crippen LogP contribution in [0.25, 0.3) is 11.1 Å². The molecule has 0 amide bonds. The van der Waals surface area contributed by atoms with Crippen molar-refractivity contribution in [2.45, 2.75) is 5.41 Å². The average Bonchev–Trinajstić information content (AvgIpc) is 3.60. The summed E-state index contributed by atoms with van der Waals surface area (Å²) in [6, 6.07) is 49.0. The van der Waals surface area contributed by atoms with Crippen LogP contribution in [-0.4, -0.2) is 53.0 Å².